The summed E-state index contributed by atoms with van der Waals surface area (Å²) in [6, 6.07) is 7.77. The first-order valence-electron chi connectivity index (χ1n) is 11.3. The largest absolute Gasteiger partial charge is 0.440 e. The number of nitrogens with zero attached hydrogens (tertiary/aromatic N) is 3. The van der Waals surface area contributed by atoms with Gasteiger partial charge in [-0.25, -0.2) is 9.97 Å². The van der Waals surface area contributed by atoms with Crippen LogP contribution in [0.25, 0.3) is 21.3 Å². The van der Waals surface area contributed by atoms with Crippen LogP contribution in [-0.4, -0.2) is 27.2 Å². The summed E-state index contributed by atoms with van der Waals surface area (Å²) in [6.07, 6.45) is 5.27. The summed E-state index contributed by atoms with van der Waals surface area (Å²) in [5.41, 5.74) is 2.95. The summed E-state index contributed by atoms with van der Waals surface area (Å²) in [5, 5.41) is 1.56. The molecule has 0 saturated carbocycles. The first-order valence-corrected chi connectivity index (χ1v) is 13.1. The number of benzene rings is 1. The molecule has 6 rings (SSSR count). The van der Waals surface area contributed by atoms with Crippen molar-refractivity contribution in [3.05, 3.63) is 51.0 Å². The Balaban J connectivity index is 1.39. The van der Waals surface area contributed by atoms with Crippen LogP contribution in [-0.2, 0) is 29.9 Å². The zero-order chi connectivity index (χ0) is 21.7. The number of hydrogen-bond acceptors (Lipinski definition) is 7. The molecule has 2 unspecified atom stereocenters. The van der Waals surface area contributed by atoms with E-state index in [4.69, 9.17) is 14.1 Å². The van der Waals surface area contributed by atoms with Crippen LogP contribution in [0.2, 0.25) is 0 Å². The van der Waals surface area contributed by atoms with Crippen molar-refractivity contribution >= 4 is 44.4 Å². The minimum atomic E-state index is 0.0742. The van der Waals surface area contributed by atoms with Gasteiger partial charge in [0.15, 0.2) is 10.7 Å². The average molecular weight is 468 g/mol. The summed E-state index contributed by atoms with van der Waals surface area (Å²) < 4.78 is 13.6. The Morgan fingerprint density at radius 3 is 3.00 bits per heavy atom. The molecule has 1 saturated heterocycles. The third kappa shape index (κ3) is 3.68. The highest BCUT2D eigenvalue weighted by molar-refractivity contribution is 7.98. The van der Waals surface area contributed by atoms with E-state index in [1.54, 1.807) is 11.3 Å². The zero-order valence-corrected chi connectivity index (χ0v) is 19.6. The molecule has 0 spiro atoms. The Morgan fingerprint density at radius 1 is 1.25 bits per heavy atom. The molecular formula is C24H25N3O3S2. The van der Waals surface area contributed by atoms with E-state index < -0.39 is 0 Å². The molecule has 3 aromatic heterocycles. The summed E-state index contributed by atoms with van der Waals surface area (Å²) in [4.78, 5) is 25.5. The molecule has 6 nitrogen and oxygen atoms in total. The van der Waals surface area contributed by atoms with Crippen LogP contribution >= 0.6 is 23.1 Å². The van der Waals surface area contributed by atoms with Crippen LogP contribution in [0, 0.1) is 5.92 Å². The molecule has 0 radical (unpaired) electrons. The summed E-state index contributed by atoms with van der Waals surface area (Å²) in [6.45, 7) is 3.61. The van der Waals surface area contributed by atoms with E-state index in [0.29, 0.717) is 24.1 Å². The minimum absolute atomic E-state index is 0.0742. The topological polar surface area (TPSA) is 70.2 Å². The number of aryl methyl sites for hydroxylation is 1. The number of oxazole rings is 1. The van der Waals surface area contributed by atoms with Crippen LogP contribution in [0.1, 0.15) is 42.5 Å². The van der Waals surface area contributed by atoms with E-state index in [9.17, 15) is 4.79 Å². The van der Waals surface area contributed by atoms with Gasteiger partial charge in [-0.05, 0) is 55.7 Å². The van der Waals surface area contributed by atoms with Gasteiger partial charge in [-0.15, -0.1) is 11.3 Å². The van der Waals surface area contributed by atoms with Gasteiger partial charge in [0.1, 0.15) is 10.3 Å². The molecule has 0 bridgehead atoms. The van der Waals surface area contributed by atoms with Crippen molar-refractivity contribution in [2.24, 2.45) is 5.92 Å². The van der Waals surface area contributed by atoms with Gasteiger partial charge in [-0.3, -0.25) is 9.36 Å². The van der Waals surface area contributed by atoms with Crippen LogP contribution in [0.3, 0.4) is 0 Å². The number of rotatable bonds is 5. The fourth-order valence-electron chi connectivity index (χ4n) is 4.78. The highest BCUT2D eigenvalue weighted by Crippen LogP contribution is 2.37. The van der Waals surface area contributed by atoms with Crippen LogP contribution in [0.4, 0.5) is 0 Å². The summed E-state index contributed by atoms with van der Waals surface area (Å²) >= 11 is 3.22. The number of thioether (sulfide) groups is 1. The van der Waals surface area contributed by atoms with E-state index in [2.05, 4.69) is 11.9 Å². The van der Waals surface area contributed by atoms with Crippen LogP contribution in [0.15, 0.2) is 38.6 Å². The Morgan fingerprint density at radius 2 is 2.16 bits per heavy atom. The molecule has 2 atom stereocenters. The average Bonchev–Trinajstić information content (AvgIpc) is 3.51. The molecule has 1 aliphatic heterocycles. The lowest BCUT2D eigenvalue weighted by molar-refractivity contribution is 0.0937. The molecule has 32 heavy (non-hydrogen) atoms. The van der Waals surface area contributed by atoms with Crippen molar-refractivity contribution in [2.75, 3.05) is 6.61 Å². The smallest absolute Gasteiger partial charge is 0.263 e. The predicted molar refractivity (Wildman–Crippen MR) is 128 cm³/mol. The lowest BCUT2D eigenvalue weighted by Crippen LogP contribution is -2.29. The molecule has 4 heterocycles. The number of aromatic nitrogens is 3. The highest BCUT2D eigenvalue weighted by atomic mass is 32.2. The maximum absolute atomic E-state index is 13.7. The maximum Gasteiger partial charge on any atom is 0.263 e. The van der Waals surface area contributed by atoms with Gasteiger partial charge in [-0.1, -0.05) is 30.8 Å². The quantitative estimate of drug-likeness (QED) is 0.297. The van der Waals surface area contributed by atoms with Crippen molar-refractivity contribution in [3.8, 4) is 0 Å². The van der Waals surface area contributed by atoms with E-state index in [-0.39, 0.29) is 11.7 Å². The standard InChI is InChI=1S/C24H25N3O3S2/c1-14-8-9-16-19(11-14)32-22-21(16)23(28)27(12-15-5-4-10-29-15)24(26-22)31-13-20-25-17-6-2-3-7-18(17)30-20/h2-3,6-7,14-15H,4-5,8-13H2,1H3. The van der Waals surface area contributed by atoms with E-state index in [1.807, 2.05) is 28.8 Å². The third-order valence-electron chi connectivity index (χ3n) is 6.45. The second-order valence-corrected chi connectivity index (χ2v) is 10.9. The van der Waals surface area contributed by atoms with E-state index in [1.165, 1.54) is 22.2 Å². The van der Waals surface area contributed by atoms with Gasteiger partial charge in [0.05, 0.1) is 23.8 Å². The molecule has 0 amide bonds. The van der Waals surface area contributed by atoms with Crippen LogP contribution < -0.4 is 5.56 Å². The van der Waals surface area contributed by atoms with E-state index >= 15 is 0 Å². The number of fused-ring (bicyclic) bond motifs is 4. The fourth-order valence-corrected chi connectivity index (χ4v) is 7.05. The molecule has 8 heteroatoms. The van der Waals surface area contributed by atoms with Crippen molar-refractivity contribution < 1.29 is 9.15 Å². The molecule has 1 aromatic carbocycles. The Hall–Kier alpha value is -2.16. The number of thiophene rings is 1. The van der Waals surface area contributed by atoms with Crippen LogP contribution in [0.5, 0.6) is 0 Å². The molecule has 1 fully saturated rings. The van der Waals surface area contributed by atoms with Crippen molar-refractivity contribution in [2.45, 2.75) is 62.6 Å². The first-order chi connectivity index (χ1) is 15.7. The van der Waals surface area contributed by atoms with E-state index in [0.717, 1.165) is 65.2 Å². The normalized spacial score (nSPS) is 20.9. The highest BCUT2D eigenvalue weighted by Gasteiger charge is 2.26. The lowest BCUT2D eigenvalue weighted by Gasteiger charge is -2.18. The molecular weight excluding hydrogens is 442 g/mol. The SMILES string of the molecule is CC1CCc2c(sc3nc(SCc4nc5ccccc5o4)n(CC4CCCO4)c(=O)c23)C1. The lowest BCUT2D eigenvalue weighted by atomic mass is 9.89. The Labute approximate surface area is 194 Å². The van der Waals surface area contributed by atoms with Gasteiger partial charge in [0.2, 0.25) is 5.89 Å². The summed E-state index contributed by atoms with van der Waals surface area (Å²) in [7, 11) is 0. The maximum atomic E-state index is 13.7. The zero-order valence-electron chi connectivity index (χ0n) is 18.0. The van der Waals surface area contributed by atoms with Gasteiger partial charge >= 0.3 is 0 Å². The minimum Gasteiger partial charge on any atom is -0.440 e. The van der Waals surface area contributed by atoms with Gasteiger partial charge in [0.25, 0.3) is 5.56 Å². The molecule has 2 aliphatic rings. The van der Waals surface area contributed by atoms with Gasteiger partial charge in [0, 0.05) is 11.5 Å². The third-order valence-corrected chi connectivity index (χ3v) is 8.56. The van der Waals surface area contributed by atoms with Crippen molar-refractivity contribution in [1.29, 1.82) is 0 Å². The Bertz CT molecular complexity index is 1320. The predicted octanol–water partition coefficient (Wildman–Crippen LogP) is 5.20. The number of hydrogen-bond donors (Lipinski definition) is 0. The van der Waals surface area contributed by atoms with Gasteiger partial charge in [-0.2, -0.15) is 0 Å². The summed E-state index contributed by atoms with van der Waals surface area (Å²) in [5.74, 6) is 1.84. The second kappa shape index (κ2) is 8.32. The van der Waals surface area contributed by atoms with Gasteiger partial charge < -0.3 is 9.15 Å². The number of ether oxygens (including phenoxy) is 1. The molecule has 166 valence electrons. The number of para-hydroxylation sites is 2. The second-order valence-electron chi connectivity index (χ2n) is 8.84. The fraction of sp³-hybridized carbons (Fsp3) is 0.458. The Kier molecular flexibility index (Phi) is 5.31. The van der Waals surface area contributed by atoms with Crippen molar-refractivity contribution in [1.82, 2.24) is 14.5 Å². The molecule has 0 N–H and O–H groups in total. The van der Waals surface area contributed by atoms with Crippen molar-refractivity contribution in [3.63, 3.8) is 0 Å². The monoisotopic (exact) mass is 467 g/mol. The molecule has 4 aromatic rings. The first kappa shape index (κ1) is 20.4. The molecule has 1 aliphatic carbocycles.